The maximum atomic E-state index is 12.3. The standard InChI is InChI=1S/C15H14N2O5/c1-21-12-5-3-4-10(8-12)16-15(18)13-9-11(17(19)20)6-7-14(13)22-2/h3-9H,1-2H3,(H,16,18). The zero-order valence-electron chi connectivity index (χ0n) is 12.0. The van der Waals surface area contributed by atoms with Gasteiger partial charge < -0.3 is 14.8 Å². The Morgan fingerprint density at radius 2 is 1.91 bits per heavy atom. The van der Waals surface area contributed by atoms with E-state index in [9.17, 15) is 14.9 Å². The fourth-order valence-corrected chi connectivity index (χ4v) is 1.89. The summed E-state index contributed by atoms with van der Waals surface area (Å²) in [6.45, 7) is 0. The minimum Gasteiger partial charge on any atom is -0.497 e. The Labute approximate surface area is 126 Å². The highest BCUT2D eigenvalue weighted by molar-refractivity contribution is 6.06. The van der Waals surface area contributed by atoms with Crippen LogP contribution in [0.3, 0.4) is 0 Å². The van der Waals surface area contributed by atoms with Crippen molar-refractivity contribution in [3.63, 3.8) is 0 Å². The number of rotatable bonds is 5. The Morgan fingerprint density at radius 1 is 1.14 bits per heavy atom. The molecule has 2 aromatic carbocycles. The number of benzene rings is 2. The van der Waals surface area contributed by atoms with Gasteiger partial charge >= 0.3 is 0 Å². The number of nitrogens with one attached hydrogen (secondary N) is 1. The maximum Gasteiger partial charge on any atom is 0.270 e. The van der Waals surface area contributed by atoms with Gasteiger partial charge in [0.1, 0.15) is 11.5 Å². The average Bonchev–Trinajstić information content (AvgIpc) is 2.54. The van der Waals surface area contributed by atoms with Crippen LogP contribution in [0.15, 0.2) is 42.5 Å². The van der Waals surface area contributed by atoms with Crippen molar-refractivity contribution in [2.45, 2.75) is 0 Å². The van der Waals surface area contributed by atoms with Gasteiger partial charge in [0.2, 0.25) is 0 Å². The molecule has 0 heterocycles. The molecule has 0 aliphatic heterocycles. The quantitative estimate of drug-likeness (QED) is 0.677. The van der Waals surface area contributed by atoms with Crippen molar-refractivity contribution in [2.75, 3.05) is 19.5 Å². The Bertz CT molecular complexity index is 715. The highest BCUT2D eigenvalue weighted by Gasteiger charge is 2.17. The van der Waals surface area contributed by atoms with Crippen molar-refractivity contribution in [3.05, 3.63) is 58.1 Å². The lowest BCUT2D eigenvalue weighted by Gasteiger charge is -2.10. The van der Waals surface area contributed by atoms with Gasteiger partial charge in [0, 0.05) is 23.9 Å². The highest BCUT2D eigenvalue weighted by Crippen LogP contribution is 2.25. The first-order valence-corrected chi connectivity index (χ1v) is 6.33. The lowest BCUT2D eigenvalue weighted by Crippen LogP contribution is -2.13. The van der Waals surface area contributed by atoms with E-state index in [4.69, 9.17) is 9.47 Å². The third-order valence-electron chi connectivity index (χ3n) is 2.97. The maximum absolute atomic E-state index is 12.3. The summed E-state index contributed by atoms with van der Waals surface area (Å²) in [5.41, 5.74) is 0.411. The third kappa shape index (κ3) is 3.32. The first kappa shape index (κ1) is 15.3. The van der Waals surface area contributed by atoms with Crippen LogP contribution < -0.4 is 14.8 Å². The molecule has 7 nitrogen and oxygen atoms in total. The molecule has 2 aromatic rings. The van der Waals surface area contributed by atoms with Crippen molar-refractivity contribution in [3.8, 4) is 11.5 Å². The zero-order chi connectivity index (χ0) is 16.1. The van der Waals surface area contributed by atoms with Crippen LogP contribution >= 0.6 is 0 Å². The minimum absolute atomic E-state index is 0.0829. The van der Waals surface area contributed by atoms with E-state index in [0.29, 0.717) is 11.4 Å². The fourth-order valence-electron chi connectivity index (χ4n) is 1.89. The molecule has 0 aliphatic rings. The average molecular weight is 302 g/mol. The van der Waals surface area contributed by atoms with Gasteiger partial charge in [-0.15, -0.1) is 0 Å². The van der Waals surface area contributed by atoms with E-state index >= 15 is 0 Å². The van der Waals surface area contributed by atoms with E-state index in [2.05, 4.69) is 5.32 Å². The van der Waals surface area contributed by atoms with Crippen molar-refractivity contribution < 1.29 is 19.2 Å². The lowest BCUT2D eigenvalue weighted by atomic mass is 10.1. The van der Waals surface area contributed by atoms with E-state index in [0.717, 1.165) is 0 Å². The van der Waals surface area contributed by atoms with E-state index in [-0.39, 0.29) is 17.0 Å². The first-order chi connectivity index (χ1) is 10.5. The molecule has 114 valence electrons. The van der Waals surface area contributed by atoms with Crippen molar-refractivity contribution >= 4 is 17.3 Å². The molecule has 0 bridgehead atoms. The largest absolute Gasteiger partial charge is 0.497 e. The number of hydrogen-bond acceptors (Lipinski definition) is 5. The van der Waals surface area contributed by atoms with Crippen LogP contribution in [0.1, 0.15) is 10.4 Å². The van der Waals surface area contributed by atoms with E-state index < -0.39 is 10.8 Å². The summed E-state index contributed by atoms with van der Waals surface area (Å²) in [6.07, 6.45) is 0. The smallest absolute Gasteiger partial charge is 0.270 e. The number of hydrogen-bond donors (Lipinski definition) is 1. The van der Waals surface area contributed by atoms with Crippen molar-refractivity contribution in [2.24, 2.45) is 0 Å². The third-order valence-corrected chi connectivity index (χ3v) is 2.97. The Hall–Kier alpha value is -3.09. The molecule has 0 atom stereocenters. The second kappa shape index (κ2) is 6.57. The normalized spacial score (nSPS) is 9.91. The van der Waals surface area contributed by atoms with Gasteiger partial charge in [-0.2, -0.15) is 0 Å². The topological polar surface area (TPSA) is 90.7 Å². The van der Waals surface area contributed by atoms with Crippen LogP contribution in [0, 0.1) is 10.1 Å². The van der Waals surface area contributed by atoms with Gasteiger partial charge in [0.05, 0.1) is 24.7 Å². The Balaban J connectivity index is 2.31. The molecule has 1 amide bonds. The van der Waals surface area contributed by atoms with Crippen LogP contribution in [-0.4, -0.2) is 25.1 Å². The Kier molecular flexibility index (Phi) is 4.57. The van der Waals surface area contributed by atoms with Gasteiger partial charge in [0.25, 0.3) is 11.6 Å². The second-order valence-electron chi connectivity index (χ2n) is 4.33. The number of non-ortho nitro benzene ring substituents is 1. The number of carbonyl (C=O) groups is 1. The molecule has 2 rings (SSSR count). The zero-order valence-corrected chi connectivity index (χ0v) is 12.0. The number of nitro groups is 1. The van der Waals surface area contributed by atoms with Crippen molar-refractivity contribution in [1.29, 1.82) is 0 Å². The molecule has 1 N–H and O–H groups in total. The molecule has 0 aliphatic carbocycles. The Morgan fingerprint density at radius 3 is 2.55 bits per heavy atom. The van der Waals surface area contributed by atoms with E-state index in [1.165, 1.54) is 32.4 Å². The van der Waals surface area contributed by atoms with Gasteiger partial charge in [-0.3, -0.25) is 14.9 Å². The summed E-state index contributed by atoms with van der Waals surface area (Å²) >= 11 is 0. The van der Waals surface area contributed by atoms with E-state index in [1.54, 1.807) is 24.3 Å². The molecule has 0 spiro atoms. The molecule has 0 saturated heterocycles. The summed E-state index contributed by atoms with van der Waals surface area (Å²) in [7, 11) is 2.91. The molecule has 7 heteroatoms. The SMILES string of the molecule is COc1cccc(NC(=O)c2cc([N+](=O)[O-])ccc2OC)c1. The van der Waals surface area contributed by atoms with Crippen LogP contribution in [0.2, 0.25) is 0 Å². The van der Waals surface area contributed by atoms with Crippen LogP contribution in [-0.2, 0) is 0 Å². The number of amides is 1. The highest BCUT2D eigenvalue weighted by atomic mass is 16.6. The summed E-state index contributed by atoms with van der Waals surface area (Å²) in [4.78, 5) is 22.6. The molecule has 0 unspecified atom stereocenters. The monoisotopic (exact) mass is 302 g/mol. The predicted octanol–water partition coefficient (Wildman–Crippen LogP) is 2.86. The summed E-state index contributed by atoms with van der Waals surface area (Å²) < 4.78 is 10.1. The summed E-state index contributed by atoms with van der Waals surface area (Å²) in [5, 5.41) is 13.5. The molecule has 0 radical (unpaired) electrons. The number of methoxy groups -OCH3 is 2. The number of anilines is 1. The predicted molar refractivity (Wildman–Crippen MR) is 80.6 cm³/mol. The van der Waals surface area contributed by atoms with Gasteiger partial charge in [-0.25, -0.2) is 0 Å². The number of carbonyl (C=O) groups excluding carboxylic acids is 1. The molecule has 0 saturated carbocycles. The summed E-state index contributed by atoms with van der Waals surface area (Å²) in [5.74, 6) is 0.337. The lowest BCUT2D eigenvalue weighted by molar-refractivity contribution is -0.384. The second-order valence-corrected chi connectivity index (χ2v) is 4.33. The van der Waals surface area contributed by atoms with Gasteiger partial charge in [0.15, 0.2) is 0 Å². The first-order valence-electron chi connectivity index (χ1n) is 6.33. The number of nitro benzene ring substituents is 1. The molecule has 0 fully saturated rings. The fraction of sp³-hybridized carbons (Fsp3) is 0.133. The van der Waals surface area contributed by atoms with Gasteiger partial charge in [-0.1, -0.05) is 6.07 Å². The van der Waals surface area contributed by atoms with Crippen LogP contribution in [0.5, 0.6) is 11.5 Å². The molecule has 0 aromatic heterocycles. The van der Waals surface area contributed by atoms with E-state index in [1.807, 2.05) is 0 Å². The number of nitrogens with zero attached hydrogens (tertiary/aromatic N) is 1. The number of ether oxygens (including phenoxy) is 2. The van der Waals surface area contributed by atoms with Crippen LogP contribution in [0.25, 0.3) is 0 Å². The summed E-state index contributed by atoms with van der Waals surface area (Å²) in [6, 6.07) is 10.6. The minimum atomic E-state index is -0.568. The van der Waals surface area contributed by atoms with Crippen molar-refractivity contribution in [1.82, 2.24) is 0 Å². The van der Waals surface area contributed by atoms with Crippen LogP contribution in [0.4, 0.5) is 11.4 Å². The van der Waals surface area contributed by atoms with Gasteiger partial charge in [-0.05, 0) is 18.2 Å². The molecular formula is C15H14N2O5. The molecular weight excluding hydrogens is 288 g/mol. The molecule has 22 heavy (non-hydrogen) atoms.